The molecule has 1 aromatic heterocycles. The van der Waals surface area contributed by atoms with Gasteiger partial charge in [-0.1, -0.05) is 39.5 Å². The van der Waals surface area contributed by atoms with Crippen LogP contribution in [0.1, 0.15) is 43.7 Å². The lowest BCUT2D eigenvalue weighted by Crippen LogP contribution is -2.37. The highest BCUT2D eigenvalue weighted by Gasteiger charge is 2.21. The van der Waals surface area contributed by atoms with Crippen LogP contribution in [0.4, 0.5) is 0 Å². The maximum atomic E-state index is 12.7. The Labute approximate surface area is 127 Å². The van der Waals surface area contributed by atoms with Gasteiger partial charge in [-0.25, -0.2) is 4.98 Å². The zero-order valence-electron chi connectivity index (χ0n) is 13.3. The summed E-state index contributed by atoms with van der Waals surface area (Å²) in [7, 11) is 0. The van der Waals surface area contributed by atoms with Crippen LogP contribution < -0.4 is 0 Å². The highest BCUT2D eigenvalue weighted by molar-refractivity contribution is 5.94. The second-order valence-electron chi connectivity index (χ2n) is 5.86. The molecule has 0 aliphatic rings. The summed E-state index contributed by atoms with van der Waals surface area (Å²) in [5.74, 6) is 6.06. The Morgan fingerprint density at radius 2 is 1.90 bits per heavy atom. The van der Waals surface area contributed by atoms with Crippen molar-refractivity contribution >= 4 is 5.91 Å². The van der Waals surface area contributed by atoms with Crippen LogP contribution in [0, 0.1) is 23.7 Å². The molecule has 1 aromatic rings. The Bertz CT molecular complexity index is 517. The molecule has 0 fully saturated rings. The lowest BCUT2D eigenvalue weighted by molar-refractivity contribution is 0.0709. The predicted molar refractivity (Wildman–Crippen MR) is 83.8 cm³/mol. The molecule has 1 N–H and O–H groups in total. The molecule has 0 unspecified atom stereocenters. The molecular formula is C17H24N2O2. The second kappa shape index (κ2) is 8.43. The summed E-state index contributed by atoms with van der Waals surface area (Å²) in [4.78, 5) is 18.8. The van der Waals surface area contributed by atoms with Gasteiger partial charge in [0.2, 0.25) is 0 Å². The minimum absolute atomic E-state index is 0.0970. The fourth-order valence-corrected chi connectivity index (χ4v) is 2.08. The SMILES string of the molecule is CC(C)CN(CC(C)C)C(=O)c1ncccc1C#CCO. The van der Waals surface area contributed by atoms with E-state index in [1.165, 1.54) is 0 Å². The van der Waals surface area contributed by atoms with E-state index in [0.29, 0.717) is 36.2 Å². The molecule has 4 nitrogen and oxygen atoms in total. The molecule has 0 saturated carbocycles. The molecule has 4 heteroatoms. The third-order valence-electron chi connectivity index (χ3n) is 2.77. The molecule has 0 aliphatic heterocycles. The van der Waals surface area contributed by atoms with Crippen LogP contribution in [-0.2, 0) is 0 Å². The zero-order valence-corrected chi connectivity index (χ0v) is 13.3. The second-order valence-corrected chi connectivity index (χ2v) is 5.86. The summed E-state index contributed by atoms with van der Waals surface area (Å²) < 4.78 is 0. The van der Waals surface area contributed by atoms with Gasteiger partial charge < -0.3 is 10.0 Å². The van der Waals surface area contributed by atoms with Crippen molar-refractivity contribution < 1.29 is 9.90 Å². The number of pyridine rings is 1. The molecular weight excluding hydrogens is 264 g/mol. The van der Waals surface area contributed by atoms with Crippen molar-refractivity contribution in [2.75, 3.05) is 19.7 Å². The van der Waals surface area contributed by atoms with Crippen molar-refractivity contribution in [2.24, 2.45) is 11.8 Å². The molecule has 0 spiro atoms. The number of aromatic nitrogens is 1. The summed E-state index contributed by atoms with van der Waals surface area (Å²) in [5.41, 5.74) is 0.925. The number of carbonyl (C=O) groups is 1. The van der Waals surface area contributed by atoms with Crippen LogP contribution >= 0.6 is 0 Å². The Hall–Kier alpha value is -1.86. The van der Waals surface area contributed by atoms with Crippen molar-refractivity contribution in [1.29, 1.82) is 0 Å². The third kappa shape index (κ3) is 5.57. The third-order valence-corrected chi connectivity index (χ3v) is 2.77. The van der Waals surface area contributed by atoms with E-state index in [2.05, 4.69) is 44.5 Å². The molecule has 0 radical (unpaired) electrons. The van der Waals surface area contributed by atoms with Crippen molar-refractivity contribution in [3.63, 3.8) is 0 Å². The van der Waals surface area contributed by atoms with E-state index in [-0.39, 0.29) is 12.5 Å². The normalized spacial score (nSPS) is 10.4. The summed E-state index contributed by atoms with van der Waals surface area (Å²) in [6.07, 6.45) is 1.60. The van der Waals surface area contributed by atoms with Gasteiger partial charge in [0.15, 0.2) is 0 Å². The molecule has 1 heterocycles. The minimum Gasteiger partial charge on any atom is -0.384 e. The Morgan fingerprint density at radius 1 is 1.29 bits per heavy atom. The maximum absolute atomic E-state index is 12.7. The minimum atomic E-state index is -0.232. The van der Waals surface area contributed by atoms with Crippen LogP contribution in [0.15, 0.2) is 18.3 Å². The van der Waals surface area contributed by atoms with Crippen LogP contribution in [0.3, 0.4) is 0 Å². The number of aliphatic hydroxyl groups is 1. The topological polar surface area (TPSA) is 53.4 Å². The first-order valence-corrected chi connectivity index (χ1v) is 7.29. The number of hydrogen-bond donors (Lipinski definition) is 1. The van der Waals surface area contributed by atoms with E-state index in [0.717, 1.165) is 0 Å². The number of amides is 1. The predicted octanol–water partition coefficient (Wildman–Crippen LogP) is 2.18. The molecule has 1 amide bonds. The number of nitrogens with zero attached hydrogens (tertiary/aromatic N) is 2. The van der Waals surface area contributed by atoms with Crippen molar-refractivity contribution in [3.05, 3.63) is 29.6 Å². The first kappa shape index (κ1) is 17.2. The average Bonchev–Trinajstić information content (AvgIpc) is 2.43. The lowest BCUT2D eigenvalue weighted by atomic mass is 10.1. The van der Waals surface area contributed by atoms with Crippen LogP contribution in [-0.4, -0.2) is 40.6 Å². The average molecular weight is 288 g/mol. The fourth-order valence-electron chi connectivity index (χ4n) is 2.08. The molecule has 0 saturated heterocycles. The van der Waals surface area contributed by atoms with Crippen molar-refractivity contribution in [2.45, 2.75) is 27.7 Å². The Kier molecular flexibility index (Phi) is 6.90. The Balaban J connectivity index is 3.08. The van der Waals surface area contributed by atoms with Gasteiger partial charge in [0.1, 0.15) is 12.3 Å². The summed E-state index contributed by atoms with van der Waals surface area (Å²) in [5, 5.41) is 8.81. The van der Waals surface area contributed by atoms with Gasteiger partial charge in [-0.05, 0) is 24.0 Å². The highest BCUT2D eigenvalue weighted by Crippen LogP contribution is 2.12. The van der Waals surface area contributed by atoms with E-state index >= 15 is 0 Å². The highest BCUT2D eigenvalue weighted by atomic mass is 16.2. The summed E-state index contributed by atoms with van der Waals surface area (Å²) in [6, 6.07) is 3.50. The molecule has 114 valence electrons. The van der Waals surface area contributed by atoms with Crippen molar-refractivity contribution in [1.82, 2.24) is 9.88 Å². The molecule has 0 bridgehead atoms. The zero-order chi connectivity index (χ0) is 15.8. The van der Waals surface area contributed by atoms with E-state index in [4.69, 9.17) is 5.11 Å². The van der Waals surface area contributed by atoms with E-state index in [1.807, 2.05) is 4.90 Å². The standard InChI is InChI=1S/C17H24N2O2/c1-13(2)11-19(12-14(3)4)17(21)16-15(8-6-10-20)7-5-9-18-16/h5,7,9,13-14,20H,10-12H2,1-4H3. The van der Waals surface area contributed by atoms with Crippen molar-refractivity contribution in [3.8, 4) is 11.8 Å². The van der Waals surface area contributed by atoms with Crippen LogP contribution in [0.5, 0.6) is 0 Å². The summed E-state index contributed by atoms with van der Waals surface area (Å²) >= 11 is 0. The summed E-state index contributed by atoms with van der Waals surface area (Å²) in [6.45, 7) is 9.51. The van der Waals surface area contributed by atoms with E-state index in [1.54, 1.807) is 18.3 Å². The van der Waals surface area contributed by atoms with Gasteiger partial charge in [0.05, 0.1) is 5.56 Å². The number of carbonyl (C=O) groups excluding carboxylic acids is 1. The number of aliphatic hydroxyl groups excluding tert-OH is 1. The quantitative estimate of drug-likeness (QED) is 0.845. The largest absolute Gasteiger partial charge is 0.384 e. The smallest absolute Gasteiger partial charge is 0.273 e. The van der Waals surface area contributed by atoms with Gasteiger partial charge in [-0.15, -0.1) is 0 Å². The molecule has 1 rings (SSSR count). The van der Waals surface area contributed by atoms with Crippen LogP contribution in [0.25, 0.3) is 0 Å². The van der Waals surface area contributed by atoms with Gasteiger partial charge in [-0.3, -0.25) is 4.79 Å². The monoisotopic (exact) mass is 288 g/mol. The first-order valence-electron chi connectivity index (χ1n) is 7.29. The lowest BCUT2D eigenvalue weighted by Gasteiger charge is -2.26. The number of hydrogen-bond acceptors (Lipinski definition) is 3. The number of rotatable bonds is 5. The molecule has 0 aliphatic carbocycles. The first-order chi connectivity index (χ1) is 9.95. The van der Waals surface area contributed by atoms with Gasteiger partial charge >= 0.3 is 0 Å². The Morgan fingerprint density at radius 3 is 2.43 bits per heavy atom. The van der Waals surface area contributed by atoms with E-state index < -0.39 is 0 Å². The van der Waals surface area contributed by atoms with E-state index in [9.17, 15) is 4.79 Å². The van der Waals surface area contributed by atoms with Gasteiger partial charge in [0, 0.05) is 19.3 Å². The molecule has 21 heavy (non-hydrogen) atoms. The molecule has 0 atom stereocenters. The molecule has 0 aromatic carbocycles. The van der Waals surface area contributed by atoms with Crippen LogP contribution in [0.2, 0.25) is 0 Å². The fraction of sp³-hybridized carbons (Fsp3) is 0.529. The van der Waals surface area contributed by atoms with Gasteiger partial charge in [0.25, 0.3) is 5.91 Å². The maximum Gasteiger partial charge on any atom is 0.273 e. The van der Waals surface area contributed by atoms with Gasteiger partial charge in [-0.2, -0.15) is 0 Å².